The van der Waals surface area contributed by atoms with Gasteiger partial charge in [-0.25, -0.2) is 0 Å². The van der Waals surface area contributed by atoms with Crippen LogP contribution >= 0.6 is 0 Å². The Morgan fingerprint density at radius 3 is 2.81 bits per heavy atom. The van der Waals surface area contributed by atoms with Gasteiger partial charge >= 0.3 is 0 Å². The molecule has 0 atom stereocenters. The number of nitrogens with zero attached hydrogens (tertiary/aromatic N) is 1. The van der Waals surface area contributed by atoms with Crippen LogP contribution in [0.5, 0.6) is 0 Å². The summed E-state index contributed by atoms with van der Waals surface area (Å²) in [5, 5.41) is 0. The summed E-state index contributed by atoms with van der Waals surface area (Å²) in [6.07, 6.45) is 5.38. The lowest BCUT2D eigenvalue weighted by molar-refractivity contribution is 0.0402. The highest BCUT2D eigenvalue weighted by molar-refractivity contribution is 5.05. The van der Waals surface area contributed by atoms with Crippen molar-refractivity contribution < 1.29 is 9.15 Å². The zero-order valence-electron chi connectivity index (χ0n) is 9.82. The van der Waals surface area contributed by atoms with Crippen molar-refractivity contribution in [3.63, 3.8) is 0 Å². The van der Waals surface area contributed by atoms with Crippen molar-refractivity contribution in [2.24, 2.45) is 5.73 Å². The Bertz CT molecular complexity index is 305. The Hall–Kier alpha value is -0.840. The Balaban J connectivity index is 1.84. The Morgan fingerprint density at radius 2 is 2.19 bits per heavy atom. The van der Waals surface area contributed by atoms with Crippen LogP contribution in [0.25, 0.3) is 0 Å². The minimum Gasteiger partial charge on any atom is -0.472 e. The molecule has 1 aromatic rings. The van der Waals surface area contributed by atoms with Crippen LogP contribution in [0, 0.1) is 0 Å². The number of hydrogen-bond acceptors (Lipinski definition) is 4. The van der Waals surface area contributed by atoms with Crippen LogP contribution in [0.3, 0.4) is 0 Å². The summed E-state index contributed by atoms with van der Waals surface area (Å²) in [7, 11) is 2.09. The van der Waals surface area contributed by atoms with Gasteiger partial charge < -0.3 is 19.8 Å². The van der Waals surface area contributed by atoms with Gasteiger partial charge in [-0.05, 0) is 26.0 Å². The fraction of sp³-hybridized carbons (Fsp3) is 0.667. The highest BCUT2D eigenvalue weighted by atomic mass is 16.5. The van der Waals surface area contributed by atoms with Crippen LogP contribution in [-0.2, 0) is 11.3 Å². The van der Waals surface area contributed by atoms with Crippen LogP contribution in [0.1, 0.15) is 18.4 Å². The highest BCUT2D eigenvalue weighted by Gasteiger charge is 2.29. The highest BCUT2D eigenvalue weighted by Crippen LogP contribution is 2.19. The predicted octanol–water partition coefficient (Wildman–Crippen LogP) is 1.22. The zero-order chi connectivity index (χ0) is 11.4. The van der Waals surface area contributed by atoms with Crippen LogP contribution in [0.2, 0.25) is 0 Å². The van der Waals surface area contributed by atoms with E-state index in [1.54, 1.807) is 12.5 Å². The number of rotatable bonds is 4. The van der Waals surface area contributed by atoms with Gasteiger partial charge in [0.25, 0.3) is 0 Å². The molecule has 4 heteroatoms. The van der Waals surface area contributed by atoms with E-state index in [1.807, 2.05) is 6.07 Å². The number of hydrogen-bond donors (Lipinski definition) is 1. The lowest BCUT2D eigenvalue weighted by Crippen LogP contribution is -2.52. The molecule has 0 amide bonds. The molecule has 2 N–H and O–H groups in total. The summed E-state index contributed by atoms with van der Waals surface area (Å²) in [6, 6.07) is 1.99. The van der Waals surface area contributed by atoms with Gasteiger partial charge in [-0.1, -0.05) is 0 Å². The van der Waals surface area contributed by atoms with Crippen molar-refractivity contribution in [1.29, 1.82) is 0 Å². The van der Waals surface area contributed by atoms with E-state index in [-0.39, 0.29) is 5.54 Å². The molecule has 1 aromatic heterocycles. The predicted molar refractivity (Wildman–Crippen MR) is 62.0 cm³/mol. The SMILES string of the molecule is CN(Cc1ccoc1)CC1(N)CCOCC1. The minimum atomic E-state index is -0.0866. The number of nitrogens with two attached hydrogens (primary N) is 1. The van der Waals surface area contributed by atoms with Gasteiger partial charge in [0.2, 0.25) is 0 Å². The molecule has 0 unspecified atom stereocenters. The van der Waals surface area contributed by atoms with E-state index in [4.69, 9.17) is 14.9 Å². The van der Waals surface area contributed by atoms with E-state index >= 15 is 0 Å². The summed E-state index contributed by atoms with van der Waals surface area (Å²) in [5.74, 6) is 0. The molecular formula is C12H20N2O2. The number of furan rings is 1. The minimum absolute atomic E-state index is 0.0866. The fourth-order valence-electron chi connectivity index (χ4n) is 2.22. The number of likely N-dealkylation sites (N-methyl/N-ethyl adjacent to an activating group) is 1. The van der Waals surface area contributed by atoms with Crippen molar-refractivity contribution in [3.8, 4) is 0 Å². The Kier molecular flexibility index (Phi) is 3.63. The van der Waals surface area contributed by atoms with E-state index in [9.17, 15) is 0 Å². The molecule has 1 aliphatic rings. The summed E-state index contributed by atoms with van der Waals surface area (Å²) in [4.78, 5) is 2.25. The average Bonchev–Trinajstić information content (AvgIpc) is 2.70. The smallest absolute Gasteiger partial charge is 0.0947 e. The molecule has 16 heavy (non-hydrogen) atoms. The van der Waals surface area contributed by atoms with Gasteiger partial charge in [-0.3, -0.25) is 0 Å². The maximum atomic E-state index is 6.34. The monoisotopic (exact) mass is 224 g/mol. The second kappa shape index (κ2) is 4.99. The summed E-state index contributed by atoms with van der Waals surface area (Å²) >= 11 is 0. The van der Waals surface area contributed by atoms with Crippen molar-refractivity contribution in [3.05, 3.63) is 24.2 Å². The summed E-state index contributed by atoms with van der Waals surface area (Å²) in [6.45, 7) is 3.37. The van der Waals surface area contributed by atoms with Crippen LogP contribution in [-0.4, -0.2) is 37.2 Å². The maximum absolute atomic E-state index is 6.34. The molecule has 2 rings (SSSR count). The van der Waals surface area contributed by atoms with Crippen LogP contribution in [0.15, 0.2) is 23.0 Å². The maximum Gasteiger partial charge on any atom is 0.0947 e. The van der Waals surface area contributed by atoms with Gasteiger partial charge in [0.1, 0.15) is 0 Å². The third-order valence-electron chi connectivity index (χ3n) is 3.11. The molecule has 4 nitrogen and oxygen atoms in total. The molecule has 0 bridgehead atoms. The third kappa shape index (κ3) is 3.07. The van der Waals surface area contributed by atoms with Crippen molar-refractivity contribution in [2.45, 2.75) is 24.9 Å². The van der Waals surface area contributed by atoms with Gasteiger partial charge in [-0.15, -0.1) is 0 Å². The normalized spacial score (nSPS) is 20.2. The molecule has 1 aliphatic heterocycles. The van der Waals surface area contributed by atoms with E-state index in [0.29, 0.717) is 0 Å². The summed E-state index contributed by atoms with van der Waals surface area (Å²) in [5.41, 5.74) is 7.45. The van der Waals surface area contributed by atoms with Crippen LogP contribution in [0.4, 0.5) is 0 Å². The average molecular weight is 224 g/mol. The standard InChI is InChI=1S/C12H20N2O2/c1-14(8-11-2-5-16-9-11)10-12(13)3-6-15-7-4-12/h2,5,9H,3-4,6-8,10,13H2,1H3. The van der Waals surface area contributed by atoms with E-state index in [1.165, 1.54) is 5.56 Å². The Morgan fingerprint density at radius 1 is 1.44 bits per heavy atom. The zero-order valence-corrected chi connectivity index (χ0v) is 9.82. The molecule has 0 aliphatic carbocycles. The first-order valence-corrected chi connectivity index (χ1v) is 5.74. The van der Waals surface area contributed by atoms with E-state index < -0.39 is 0 Å². The Labute approximate surface area is 96.4 Å². The largest absolute Gasteiger partial charge is 0.472 e. The first-order valence-electron chi connectivity index (χ1n) is 5.74. The summed E-state index contributed by atoms with van der Waals surface area (Å²) < 4.78 is 10.4. The van der Waals surface area contributed by atoms with Crippen molar-refractivity contribution >= 4 is 0 Å². The van der Waals surface area contributed by atoms with Gasteiger partial charge in [-0.2, -0.15) is 0 Å². The molecule has 0 aromatic carbocycles. The van der Waals surface area contributed by atoms with E-state index in [0.717, 1.165) is 39.1 Å². The molecule has 90 valence electrons. The second-order valence-corrected chi connectivity index (χ2v) is 4.78. The lowest BCUT2D eigenvalue weighted by atomic mass is 9.91. The lowest BCUT2D eigenvalue weighted by Gasteiger charge is -2.36. The second-order valence-electron chi connectivity index (χ2n) is 4.78. The van der Waals surface area contributed by atoms with Crippen LogP contribution < -0.4 is 5.73 Å². The third-order valence-corrected chi connectivity index (χ3v) is 3.11. The molecule has 1 saturated heterocycles. The molecule has 0 saturated carbocycles. The topological polar surface area (TPSA) is 51.6 Å². The fourth-order valence-corrected chi connectivity index (χ4v) is 2.22. The van der Waals surface area contributed by atoms with Crippen molar-refractivity contribution in [2.75, 3.05) is 26.8 Å². The van der Waals surface area contributed by atoms with Gasteiger partial charge in [0.05, 0.1) is 12.5 Å². The molecular weight excluding hydrogens is 204 g/mol. The molecule has 1 fully saturated rings. The quantitative estimate of drug-likeness (QED) is 0.835. The molecule has 0 spiro atoms. The first-order chi connectivity index (χ1) is 7.68. The van der Waals surface area contributed by atoms with Gasteiger partial charge in [0.15, 0.2) is 0 Å². The van der Waals surface area contributed by atoms with E-state index in [2.05, 4.69) is 11.9 Å². The molecule has 0 radical (unpaired) electrons. The van der Waals surface area contributed by atoms with Crippen molar-refractivity contribution in [1.82, 2.24) is 4.90 Å². The number of ether oxygens (including phenoxy) is 1. The van der Waals surface area contributed by atoms with Gasteiger partial charge in [0, 0.05) is 37.4 Å². The first kappa shape index (κ1) is 11.6. The molecule has 2 heterocycles.